The number of imidazole rings is 1. The highest BCUT2D eigenvalue weighted by Crippen LogP contribution is 2.13. The Kier molecular flexibility index (Phi) is 5.50. The Morgan fingerprint density at radius 1 is 1.36 bits per heavy atom. The lowest BCUT2D eigenvalue weighted by Gasteiger charge is -2.37. The number of aromatic nitrogens is 3. The Morgan fingerprint density at radius 2 is 2.12 bits per heavy atom. The van der Waals surface area contributed by atoms with Crippen LogP contribution in [0.5, 0.6) is 0 Å². The molecule has 0 aliphatic carbocycles. The van der Waals surface area contributed by atoms with Crippen LogP contribution in [0.25, 0.3) is 0 Å². The van der Waals surface area contributed by atoms with Gasteiger partial charge in [-0.05, 0) is 20.8 Å². The van der Waals surface area contributed by atoms with Crippen LogP contribution in [-0.2, 0) is 17.9 Å². The van der Waals surface area contributed by atoms with E-state index in [1.807, 2.05) is 26.2 Å². The number of nitrogens with zero attached hydrogens (tertiary/aromatic N) is 5. The summed E-state index contributed by atoms with van der Waals surface area (Å²) in [5, 5.41) is 6.57. The summed E-state index contributed by atoms with van der Waals surface area (Å²) >= 11 is 0. The standard InChI is InChI=1S/C17H26N6O2/c1-4-22-6-5-18-15(22)12-21-7-9-23(10-8-21)14(3)17(24)19-16-11-13(2)20-25-16/h5-6,11,14H,4,7-10,12H2,1-3H3,(H,19,24). The van der Waals surface area contributed by atoms with E-state index in [1.165, 1.54) is 0 Å². The minimum atomic E-state index is -0.204. The van der Waals surface area contributed by atoms with Gasteiger partial charge < -0.3 is 9.09 Å². The molecule has 0 bridgehead atoms. The third-order valence-corrected chi connectivity index (χ3v) is 4.72. The molecule has 1 atom stereocenters. The van der Waals surface area contributed by atoms with Crippen LogP contribution in [0.1, 0.15) is 25.4 Å². The Morgan fingerprint density at radius 3 is 2.76 bits per heavy atom. The first-order valence-electron chi connectivity index (χ1n) is 8.77. The number of nitrogens with one attached hydrogen (secondary N) is 1. The van der Waals surface area contributed by atoms with E-state index in [4.69, 9.17) is 4.52 Å². The average Bonchev–Trinajstić information content (AvgIpc) is 3.23. The maximum Gasteiger partial charge on any atom is 0.243 e. The van der Waals surface area contributed by atoms with E-state index < -0.39 is 0 Å². The minimum absolute atomic E-state index is 0.0638. The summed E-state index contributed by atoms with van der Waals surface area (Å²) in [7, 11) is 0. The zero-order valence-electron chi connectivity index (χ0n) is 15.1. The molecule has 3 heterocycles. The lowest BCUT2D eigenvalue weighted by atomic mass is 10.2. The van der Waals surface area contributed by atoms with Gasteiger partial charge in [0, 0.05) is 51.2 Å². The maximum absolute atomic E-state index is 12.4. The molecule has 1 aliphatic heterocycles. The molecule has 8 heteroatoms. The second-order valence-electron chi connectivity index (χ2n) is 6.44. The summed E-state index contributed by atoms with van der Waals surface area (Å²) in [6.07, 6.45) is 3.87. The fourth-order valence-corrected chi connectivity index (χ4v) is 3.10. The van der Waals surface area contributed by atoms with E-state index in [1.54, 1.807) is 6.07 Å². The number of carbonyl (C=O) groups is 1. The van der Waals surface area contributed by atoms with E-state index in [0.29, 0.717) is 5.88 Å². The van der Waals surface area contributed by atoms with Crippen LogP contribution in [0, 0.1) is 6.92 Å². The fraction of sp³-hybridized carbons (Fsp3) is 0.588. The van der Waals surface area contributed by atoms with Crippen LogP contribution in [0.2, 0.25) is 0 Å². The molecule has 25 heavy (non-hydrogen) atoms. The van der Waals surface area contributed by atoms with Gasteiger partial charge in [0.1, 0.15) is 5.82 Å². The second-order valence-corrected chi connectivity index (χ2v) is 6.44. The number of hydrogen-bond acceptors (Lipinski definition) is 6. The molecule has 1 unspecified atom stereocenters. The lowest BCUT2D eigenvalue weighted by Crippen LogP contribution is -2.52. The molecule has 1 aliphatic rings. The molecule has 0 aromatic carbocycles. The predicted molar refractivity (Wildman–Crippen MR) is 94.1 cm³/mol. The van der Waals surface area contributed by atoms with Crippen LogP contribution in [0.4, 0.5) is 5.88 Å². The Bertz CT molecular complexity index is 702. The summed E-state index contributed by atoms with van der Waals surface area (Å²) in [4.78, 5) is 21.4. The van der Waals surface area contributed by atoms with E-state index >= 15 is 0 Å². The highest BCUT2D eigenvalue weighted by atomic mass is 16.5. The van der Waals surface area contributed by atoms with Gasteiger partial charge in [-0.25, -0.2) is 4.98 Å². The Balaban J connectivity index is 1.48. The van der Waals surface area contributed by atoms with Crippen molar-refractivity contribution in [1.29, 1.82) is 0 Å². The highest BCUT2D eigenvalue weighted by Gasteiger charge is 2.26. The predicted octanol–water partition coefficient (Wildman–Crippen LogP) is 1.34. The second kappa shape index (κ2) is 7.79. The molecule has 0 radical (unpaired) electrons. The first-order valence-corrected chi connectivity index (χ1v) is 8.77. The Hall–Kier alpha value is -2.19. The fourth-order valence-electron chi connectivity index (χ4n) is 3.10. The van der Waals surface area contributed by atoms with Gasteiger partial charge in [-0.15, -0.1) is 0 Å². The van der Waals surface area contributed by atoms with Crippen molar-refractivity contribution in [3.63, 3.8) is 0 Å². The van der Waals surface area contributed by atoms with E-state index in [0.717, 1.165) is 50.8 Å². The van der Waals surface area contributed by atoms with Crippen molar-refractivity contribution in [2.24, 2.45) is 0 Å². The molecule has 0 saturated carbocycles. The molecule has 136 valence electrons. The first-order chi connectivity index (χ1) is 12.1. The van der Waals surface area contributed by atoms with Crippen LogP contribution in [0.15, 0.2) is 23.0 Å². The van der Waals surface area contributed by atoms with E-state index in [-0.39, 0.29) is 11.9 Å². The van der Waals surface area contributed by atoms with Gasteiger partial charge in [-0.2, -0.15) is 0 Å². The summed E-state index contributed by atoms with van der Waals surface area (Å²) in [5.74, 6) is 1.44. The van der Waals surface area contributed by atoms with Gasteiger partial charge in [0.15, 0.2) is 0 Å². The summed E-state index contributed by atoms with van der Waals surface area (Å²) in [6.45, 7) is 11.2. The van der Waals surface area contributed by atoms with Crippen LogP contribution >= 0.6 is 0 Å². The van der Waals surface area contributed by atoms with Gasteiger partial charge in [0.2, 0.25) is 11.8 Å². The third-order valence-electron chi connectivity index (χ3n) is 4.72. The number of anilines is 1. The van der Waals surface area contributed by atoms with Crippen molar-refractivity contribution in [1.82, 2.24) is 24.5 Å². The normalized spacial score (nSPS) is 17.6. The van der Waals surface area contributed by atoms with Gasteiger partial charge in [0.25, 0.3) is 0 Å². The van der Waals surface area contributed by atoms with Gasteiger partial charge >= 0.3 is 0 Å². The zero-order chi connectivity index (χ0) is 17.8. The van der Waals surface area contributed by atoms with Gasteiger partial charge in [0.05, 0.1) is 18.3 Å². The van der Waals surface area contributed by atoms with Gasteiger partial charge in [-0.3, -0.25) is 19.9 Å². The summed E-state index contributed by atoms with van der Waals surface area (Å²) in [6, 6.07) is 1.52. The van der Waals surface area contributed by atoms with Crippen LogP contribution in [-0.4, -0.2) is 62.6 Å². The highest BCUT2D eigenvalue weighted by molar-refractivity contribution is 5.93. The minimum Gasteiger partial charge on any atom is -0.338 e. The molecule has 3 rings (SSSR count). The number of amides is 1. The molecule has 2 aromatic heterocycles. The van der Waals surface area contributed by atoms with Crippen LogP contribution < -0.4 is 5.32 Å². The zero-order valence-corrected chi connectivity index (χ0v) is 15.1. The Labute approximate surface area is 147 Å². The lowest BCUT2D eigenvalue weighted by molar-refractivity contribution is -0.121. The number of carbonyl (C=O) groups excluding carboxylic acids is 1. The summed E-state index contributed by atoms with van der Waals surface area (Å²) < 4.78 is 7.22. The van der Waals surface area contributed by atoms with Crippen molar-refractivity contribution in [2.75, 3.05) is 31.5 Å². The smallest absolute Gasteiger partial charge is 0.243 e. The SMILES string of the molecule is CCn1ccnc1CN1CCN(C(C)C(=O)Nc2cc(C)no2)CC1. The van der Waals surface area contributed by atoms with Crippen molar-refractivity contribution in [3.8, 4) is 0 Å². The number of piperazine rings is 1. The molecule has 1 fully saturated rings. The monoisotopic (exact) mass is 346 g/mol. The molecule has 8 nitrogen and oxygen atoms in total. The maximum atomic E-state index is 12.4. The molecule has 1 amide bonds. The van der Waals surface area contributed by atoms with Gasteiger partial charge in [-0.1, -0.05) is 5.16 Å². The number of aryl methyl sites for hydroxylation is 2. The van der Waals surface area contributed by atoms with Crippen molar-refractivity contribution >= 4 is 11.8 Å². The van der Waals surface area contributed by atoms with Crippen molar-refractivity contribution in [2.45, 2.75) is 39.9 Å². The molecule has 0 spiro atoms. The van der Waals surface area contributed by atoms with E-state index in [2.05, 4.69) is 36.7 Å². The molecule has 1 saturated heterocycles. The summed E-state index contributed by atoms with van der Waals surface area (Å²) in [5.41, 5.74) is 0.752. The number of hydrogen-bond donors (Lipinski definition) is 1. The molecular formula is C17H26N6O2. The molecule has 2 aromatic rings. The number of rotatable bonds is 6. The topological polar surface area (TPSA) is 79.4 Å². The van der Waals surface area contributed by atoms with Crippen molar-refractivity contribution in [3.05, 3.63) is 30.0 Å². The quantitative estimate of drug-likeness (QED) is 0.850. The molecular weight excluding hydrogens is 320 g/mol. The average molecular weight is 346 g/mol. The van der Waals surface area contributed by atoms with Crippen LogP contribution in [0.3, 0.4) is 0 Å². The van der Waals surface area contributed by atoms with E-state index in [9.17, 15) is 4.79 Å². The first kappa shape index (κ1) is 17.6. The molecule has 1 N–H and O–H groups in total. The third kappa shape index (κ3) is 4.26. The van der Waals surface area contributed by atoms with Crippen molar-refractivity contribution < 1.29 is 9.32 Å². The largest absolute Gasteiger partial charge is 0.338 e.